The van der Waals surface area contributed by atoms with Crippen molar-refractivity contribution in [1.82, 2.24) is 4.98 Å². The second-order valence-electron chi connectivity index (χ2n) is 6.49. The molecule has 0 fully saturated rings. The average molecular weight is 468 g/mol. The van der Waals surface area contributed by atoms with E-state index in [9.17, 15) is 9.59 Å². The lowest BCUT2D eigenvalue weighted by atomic mass is 10.1. The van der Waals surface area contributed by atoms with Crippen LogP contribution in [0.4, 0.5) is 5.00 Å². The zero-order valence-corrected chi connectivity index (χ0v) is 18.5. The summed E-state index contributed by atoms with van der Waals surface area (Å²) in [5.74, 6) is -1.16. The Morgan fingerprint density at radius 3 is 2.77 bits per heavy atom. The highest BCUT2D eigenvalue weighted by molar-refractivity contribution is 7.19. The van der Waals surface area contributed by atoms with E-state index in [0.717, 1.165) is 4.88 Å². The molecule has 3 heterocycles. The number of aromatic nitrogens is 1. The van der Waals surface area contributed by atoms with Crippen LogP contribution in [0, 0.1) is 11.3 Å². The van der Waals surface area contributed by atoms with Crippen molar-refractivity contribution in [2.75, 3.05) is 5.32 Å². The number of nitrogens with zero attached hydrogens (tertiary/aromatic N) is 2. The number of rotatable bonds is 5. The molecule has 0 saturated carbocycles. The largest absolute Gasteiger partial charge is 0.449 e. The Hall–Kier alpha value is -3.25. The van der Waals surface area contributed by atoms with E-state index in [1.165, 1.54) is 29.6 Å². The number of thiophene rings is 2. The van der Waals surface area contributed by atoms with Gasteiger partial charge in [0.1, 0.15) is 11.1 Å². The third-order valence-corrected chi connectivity index (χ3v) is 6.52. The monoisotopic (exact) mass is 467 g/mol. The summed E-state index contributed by atoms with van der Waals surface area (Å²) in [4.78, 5) is 30.9. The fraction of sp³-hybridized carbons (Fsp3) is 0.0909. The number of carbonyl (C=O) groups excluding carboxylic acids is 2. The first-order valence-corrected chi connectivity index (χ1v) is 11.2. The van der Waals surface area contributed by atoms with Gasteiger partial charge in [-0.25, -0.2) is 9.78 Å². The second-order valence-corrected chi connectivity index (χ2v) is 9.12. The van der Waals surface area contributed by atoms with Crippen molar-refractivity contribution in [3.05, 3.63) is 69.4 Å². The maximum atomic E-state index is 13.0. The molecule has 0 aliphatic heterocycles. The van der Waals surface area contributed by atoms with Crippen LogP contribution in [0.3, 0.4) is 0 Å². The summed E-state index contributed by atoms with van der Waals surface area (Å²) >= 11 is 8.63. The van der Waals surface area contributed by atoms with E-state index < -0.39 is 18.0 Å². The third kappa shape index (κ3) is 4.44. The lowest BCUT2D eigenvalue weighted by Gasteiger charge is -2.14. The Morgan fingerprint density at radius 2 is 2.03 bits per heavy atom. The summed E-state index contributed by atoms with van der Waals surface area (Å²) in [6.07, 6.45) is -1.06. The van der Waals surface area contributed by atoms with Crippen molar-refractivity contribution in [2.45, 2.75) is 13.0 Å². The van der Waals surface area contributed by atoms with Gasteiger partial charge in [0.25, 0.3) is 5.91 Å². The topological polar surface area (TPSA) is 92.1 Å². The number of pyridine rings is 1. The number of ether oxygens (including phenoxy) is 1. The maximum Gasteiger partial charge on any atom is 0.339 e. The lowest BCUT2D eigenvalue weighted by molar-refractivity contribution is -0.123. The van der Waals surface area contributed by atoms with Crippen molar-refractivity contribution in [3.63, 3.8) is 0 Å². The zero-order chi connectivity index (χ0) is 22.0. The van der Waals surface area contributed by atoms with Gasteiger partial charge >= 0.3 is 5.97 Å². The minimum atomic E-state index is -1.06. The first-order valence-electron chi connectivity index (χ1n) is 9.11. The average Bonchev–Trinajstić information content (AvgIpc) is 3.41. The van der Waals surface area contributed by atoms with Crippen LogP contribution in [0.1, 0.15) is 22.8 Å². The summed E-state index contributed by atoms with van der Waals surface area (Å²) in [5.41, 5.74) is 1.89. The summed E-state index contributed by atoms with van der Waals surface area (Å²) in [7, 11) is 0. The summed E-state index contributed by atoms with van der Waals surface area (Å²) < 4.78 is 6.06. The van der Waals surface area contributed by atoms with Crippen molar-refractivity contribution in [3.8, 4) is 16.6 Å². The molecule has 1 atom stereocenters. The number of para-hydroxylation sites is 1. The summed E-state index contributed by atoms with van der Waals surface area (Å²) in [6.45, 7) is 1.48. The fourth-order valence-electron chi connectivity index (χ4n) is 2.91. The van der Waals surface area contributed by atoms with Crippen LogP contribution in [0.15, 0.2) is 53.9 Å². The molecule has 0 bridgehead atoms. The normalized spacial score (nSPS) is 11.6. The SMILES string of the molecule is CC(OC(=O)c1cc(-c2ccc(Cl)s2)nc2ccccc12)C(=O)Nc1sccc1C#N. The van der Waals surface area contributed by atoms with Crippen LogP contribution in [0.25, 0.3) is 21.5 Å². The quantitative estimate of drug-likeness (QED) is 0.378. The molecule has 9 heteroatoms. The molecule has 4 aromatic rings. The molecule has 1 amide bonds. The Labute approximate surface area is 190 Å². The highest BCUT2D eigenvalue weighted by Crippen LogP contribution is 2.32. The number of hydrogen-bond donors (Lipinski definition) is 1. The number of carbonyl (C=O) groups is 2. The van der Waals surface area contributed by atoms with Gasteiger partial charge in [0.15, 0.2) is 6.10 Å². The van der Waals surface area contributed by atoms with Crippen LogP contribution < -0.4 is 5.32 Å². The molecule has 0 aliphatic carbocycles. The lowest BCUT2D eigenvalue weighted by Crippen LogP contribution is -2.30. The fourth-order valence-corrected chi connectivity index (χ4v) is 4.65. The molecule has 31 heavy (non-hydrogen) atoms. The molecule has 6 nitrogen and oxygen atoms in total. The number of anilines is 1. The van der Waals surface area contributed by atoms with Gasteiger partial charge in [0.2, 0.25) is 0 Å². The molecule has 1 aromatic carbocycles. The van der Waals surface area contributed by atoms with Crippen LogP contribution in [0.5, 0.6) is 0 Å². The van der Waals surface area contributed by atoms with E-state index in [2.05, 4.69) is 10.3 Å². The Bertz CT molecular complexity index is 1340. The molecule has 4 rings (SSSR count). The molecule has 0 spiro atoms. The Balaban J connectivity index is 1.61. The molecule has 0 saturated heterocycles. The van der Waals surface area contributed by atoms with E-state index in [0.29, 0.717) is 37.1 Å². The molecule has 0 aliphatic rings. The number of hydrogen-bond acceptors (Lipinski definition) is 7. The highest BCUT2D eigenvalue weighted by atomic mass is 35.5. The number of fused-ring (bicyclic) bond motifs is 1. The summed E-state index contributed by atoms with van der Waals surface area (Å²) in [5, 5.41) is 14.5. The Morgan fingerprint density at radius 1 is 1.23 bits per heavy atom. The molecule has 154 valence electrons. The van der Waals surface area contributed by atoms with E-state index in [4.69, 9.17) is 21.6 Å². The van der Waals surface area contributed by atoms with Crippen LogP contribution in [-0.2, 0) is 9.53 Å². The van der Waals surface area contributed by atoms with Crippen molar-refractivity contribution >= 4 is 62.1 Å². The van der Waals surface area contributed by atoms with Gasteiger partial charge in [-0.2, -0.15) is 5.26 Å². The van der Waals surface area contributed by atoms with E-state index in [1.54, 1.807) is 41.8 Å². The Kier molecular flexibility index (Phi) is 6.00. The maximum absolute atomic E-state index is 13.0. The van der Waals surface area contributed by atoms with Crippen LogP contribution in [0.2, 0.25) is 4.34 Å². The van der Waals surface area contributed by atoms with E-state index in [1.807, 2.05) is 18.2 Å². The van der Waals surface area contributed by atoms with Gasteiger partial charge in [-0.05, 0) is 42.6 Å². The number of halogens is 1. The minimum absolute atomic E-state index is 0.304. The predicted octanol–water partition coefficient (Wildman–Crippen LogP) is 5.73. The first kappa shape index (κ1) is 21.0. The van der Waals surface area contributed by atoms with Crippen LogP contribution in [-0.4, -0.2) is 23.0 Å². The zero-order valence-electron chi connectivity index (χ0n) is 16.1. The summed E-state index contributed by atoms with van der Waals surface area (Å²) in [6, 6.07) is 16.1. The van der Waals surface area contributed by atoms with Crippen molar-refractivity contribution < 1.29 is 14.3 Å². The number of nitrogens with one attached hydrogen (secondary N) is 1. The van der Waals surface area contributed by atoms with Gasteiger partial charge in [0, 0.05) is 5.39 Å². The van der Waals surface area contributed by atoms with Crippen molar-refractivity contribution in [2.24, 2.45) is 0 Å². The molecular weight excluding hydrogens is 454 g/mol. The first-order chi connectivity index (χ1) is 15.0. The molecule has 0 radical (unpaired) electrons. The number of nitriles is 1. The standard InChI is InChI=1S/C22H14ClN3O3S2/c1-12(20(27)26-21-13(11-24)8-9-30-21)29-22(28)15-10-17(18-6-7-19(23)31-18)25-16-5-3-2-4-14(15)16/h2-10,12H,1H3,(H,26,27). The number of amides is 1. The molecule has 1 unspecified atom stereocenters. The minimum Gasteiger partial charge on any atom is -0.449 e. The number of benzene rings is 1. The molecule has 3 aromatic heterocycles. The van der Waals surface area contributed by atoms with Crippen LogP contribution >= 0.6 is 34.3 Å². The van der Waals surface area contributed by atoms with Crippen molar-refractivity contribution in [1.29, 1.82) is 5.26 Å². The van der Waals surface area contributed by atoms with Gasteiger partial charge < -0.3 is 10.1 Å². The van der Waals surface area contributed by atoms with E-state index >= 15 is 0 Å². The van der Waals surface area contributed by atoms with Gasteiger partial charge in [-0.1, -0.05) is 29.8 Å². The predicted molar refractivity (Wildman–Crippen MR) is 123 cm³/mol. The molecule has 1 N–H and O–H groups in total. The highest BCUT2D eigenvalue weighted by Gasteiger charge is 2.23. The second kappa shape index (κ2) is 8.86. The van der Waals surface area contributed by atoms with Gasteiger partial charge in [-0.3, -0.25) is 4.79 Å². The van der Waals surface area contributed by atoms with E-state index in [-0.39, 0.29) is 0 Å². The smallest absolute Gasteiger partial charge is 0.339 e. The van der Waals surface area contributed by atoms with Gasteiger partial charge in [0.05, 0.1) is 31.6 Å². The number of esters is 1. The third-order valence-electron chi connectivity index (χ3n) is 4.44. The molecular formula is C22H14ClN3O3S2. The van der Waals surface area contributed by atoms with Gasteiger partial charge in [-0.15, -0.1) is 22.7 Å².